The minimum absolute atomic E-state index is 0.0668. The molecule has 0 aromatic carbocycles. The van der Waals surface area contributed by atoms with E-state index < -0.39 is 25.0 Å². The number of halogens is 3. The number of hydrogen-bond donors (Lipinski definition) is 0. The smallest absolute Gasteiger partial charge is 0.399 e. The van der Waals surface area contributed by atoms with Crippen LogP contribution in [-0.4, -0.2) is 12.8 Å². The second-order valence-corrected chi connectivity index (χ2v) is 2.47. The number of rotatable bonds is 4. The lowest BCUT2D eigenvalue weighted by atomic mass is 10.4. The Labute approximate surface area is 76.3 Å². The molecule has 0 saturated heterocycles. The van der Waals surface area contributed by atoms with Gasteiger partial charge in [0.15, 0.2) is 5.76 Å². The molecule has 80 valence electrons. The highest BCUT2D eigenvalue weighted by Crippen LogP contribution is 2.19. The summed E-state index contributed by atoms with van der Waals surface area (Å²) in [6.07, 6.45) is -4.28. The zero-order valence-corrected chi connectivity index (χ0v) is 6.97. The zero-order chi connectivity index (χ0) is 10.6. The first-order valence-corrected chi connectivity index (χ1v) is 3.69. The third kappa shape index (κ3) is 4.13. The summed E-state index contributed by atoms with van der Waals surface area (Å²) in [7, 11) is 0. The predicted octanol–water partition coefficient (Wildman–Crippen LogP) is 1.70. The van der Waals surface area contributed by atoms with Crippen LogP contribution in [0.25, 0.3) is 0 Å². The average molecular weight is 212 g/mol. The molecule has 14 heavy (non-hydrogen) atoms. The normalized spacial score (nSPS) is 11.9. The van der Waals surface area contributed by atoms with Crippen LogP contribution in [0.2, 0.25) is 0 Å². The van der Waals surface area contributed by atoms with Crippen molar-refractivity contribution >= 4 is 0 Å². The van der Waals surface area contributed by atoms with Crippen LogP contribution in [0.5, 0.6) is 0 Å². The van der Waals surface area contributed by atoms with Crippen molar-refractivity contribution < 1.29 is 26.7 Å². The lowest BCUT2D eigenvalue weighted by molar-refractivity contribution is -0.146. The molecule has 0 radical (unpaired) electrons. The Morgan fingerprint density at radius 3 is 2.64 bits per heavy atom. The standard InChI is InChI=1S/C7H7F3O4/c8-7(9,10)1-2-12-3-5-4-13-6(11)14-5/h4H,1-3H2. The molecule has 0 aliphatic rings. The van der Waals surface area contributed by atoms with E-state index in [1.807, 2.05) is 0 Å². The third-order valence-electron chi connectivity index (χ3n) is 1.28. The summed E-state index contributed by atoms with van der Waals surface area (Å²) in [6, 6.07) is 0. The topological polar surface area (TPSA) is 52.6 Å². The van der Waals surface area contributed by atoms with E-state index in [0.29, 0.717) is 0 Å². The van der Waals surface area contributed by atoms with Gasteiger partial charge in [0, 0.05) is 0 Å². The fraction of sp³-hybridized carbons (Fsp3) is 0.571. The number of alkyl halides is 3. The van der Waals surface area contributed by atoms with Crippen LogP contribution in [-0.2, 0) is 11.3 Å². The Hall–Kier alpha value is -1.24. The maximum Gasteiger partial charge on any atom is 0.518 e. The second-order valence-electron chi connectivity index (χ2n) is 2.47. The summed E-state index contributed by atoms with van der Waals surface area (Å²) in [5, 5.41) is 0. The van der Waals surface area contributed by atoms with Crippen molar-refractivity contribution in [3.8, 4) is 0 Å². The van der Waals surface area contributed by atoms with Crippen molar-refractivity contribution in [3.63, 3.8) is 0 Å². The van der Waals surface area contributed by atoms with Gasteiger partial charge in [-0.15, -0.1) is 0 Å². The van der Waals surface area contributed by atoms with Crippen molar-refractivity contribution in [1.29, 1.82) is 0 Å². The van der Waals surface area contributed by atoms with E-state index in [-0.39, 0.29) is 12.4 Å². The fourth-order valence-electron chi connectivity index (χ4n) is 0.693. The Morgan fingerprint density at radius 2 is 2.14 bits per heavy atom. The van der Waals surface area contributed by atoms with Gasteiger partial charge >= 0.3 is 12.0 Å². The van der Waals surface area contributed by atoms with Gasteiger partial charge in [0.05, 0.1) is 13.0 Å². The Bertz CT molecular complexity index is 324. The molecule has 0 bridgehead atoms. The van der Waals surface area contributed by atoms with E-state index in [1.54, 1.807) is 0 Å². The van der Waals surface area contributed by atoms with Gasteiger partial charge < -0.3 is 13.6 Å². The Morgan fingerprint density at radius 1 is 1.43 bits per heavy atom. The predicted molar refractivity (Wildman–Crippen MR) is 37.6 cm³/mol. The molecule has 0 fully saturated rings. The fourth-order valence-corrected chi connectivity index (χ4v) is 0.693. The van der Waals surface area contributed by atoms with Crippen LogP contribution < -0.4 is 5.82 Å². The van der Waals surface area contributed by atoms with Crippen LogP contribution in [0.15, 0.2) is 19.9 Å². The van der Waals surface area contributed by atoms with E-state index >= 15 is 0 Å². The molecular formula is C7H7F3O4. The van der Waals surface area contributed by atoms with Gasteiger partial charge in [-0.1, -0.05) is 0 Å². The molecule has 0 amide bonds. The lowest BCUT2D eigenvalue weighted by Crippen LogP contribution is -2.11. The summed E-state index contributed by atoms with van der Waals surface area (Å²) < 4.78 is 48.1. The molecule has 1 aromatic heterocycles. The quantitative estimate of drug-likeness (QED) is 0.713. The van der Waals surface area contributed by atoms with Crippen molar-refractivity contribution in [2.24, 2.45) is 0 Å². The van der Waals surface area contributed by atoms with Gasteiger partial charge in [-0.25, -0.2) is 4.79 Å². The van der Waals surface area contributed by atoms with Crippen molar-refractivity contribution in [2.45, 2.75) is 19.2 Å². The SMILES string of the molecule is O=c1occ(COCCC(F)(F)F)o1. The van der Waals surface area contributed by atoms with Crippen molar-refractivity contribution in [3.05, 3.63) is 22.6 Å². The van der Waals surface area contributed by atoms with Crippen LogP contribution >= 0.6 is 0 Å². The highest BCUT2D eigenvalue weighted by atomic mass is 19.4. The molecule has 0 atom stereocenters. The Balaban J connectivity index is 2.19. The minimum atomic E-state index is -4.24. The number of ether oxygens (including phenoxy) is 1. The van der Waals surface area contributed by atoms with Crippen LogP contribution in [0.3, 0.4) is 0 Å². The molecule has 7 heteroatoms. The molecule has 0 N–H and O–H groups in total. The summed E-state index contributed by atoms with van der Waals surface area (Å²) >= 11 is 0. The van der Waals surface area contributed by atoms with Crippen molar-refractivity contribution in [1.82, 2.24) is 0 Å². The molecule has 0 unspecified atom stereocenters. The molecule has 0 aliphatic carbocycles. The molecule has 4 nitrogen and oxygen atoms in total. The zero-order valence-electron chi connectivity index (χ0n) is 6.97. The first kappa shape index (κ1) is 10.8. The summed E-state index contributed by atoms with van der Waals surface area (Å²) in [5.74, 6) is -0.836. The third-order valence-corrected chi connectivity index (χ3v) is 1.28. The van der Waals surface area contributed by atoms with Gasteiger partial charge in [-0.2, -0.15) is 13.2 Å². The van der Waals surface area contributed by atoms with Gasteiger partial charge in [0.25, 0.3) is 0 Å². The van der Waals surface area contributed by atoms with E-state index in [2.05, 4.69) is 13.6 Å². The van der Waals surface area contributed by atoms with Gasteiger partial charge in [-0.05, 0) is 0 Å². The Kier molecular flexibility index (Phi) is 3.34. The monoisotopic (exact) mass is 212 g/mol. The van der Waals surface area contributed by atoms with E-state index in [4.69, 9.17) is 0 Å². The van der Waals surface area contributed by atoms with Gasteiger partial charge in [0.1, 0.15) is 12.9 Å². The molecule has 1 heterocycles. The van der Waals surface area contributed by atoms with Gasteiger partial charge in [0.2, 0.25) is 0 Å². The van der Waals surface area contributed by atoms with E-state index in [9.17, 15) is 18.0 Å². The first-order chi connectivity index (χ1) is 6.47. The highest BCUT2D eigenvalue weighted by molar-refractivity contribution is 4.81. The first-order valence-electron chi connectivity index (χ1n) is 3.69. The lowest BCUT2D eigenvalue weighted by Gasteiger charge is -2.05. The molecule has 0 aliphatic heterocycles. The van der Waals surface area contributed by atoms with Crippen LogP contribution in [0, 0.1) is 0 Å². The molecule has 1 aromatic rings. The van der Waals surface area contributed by atoms with Crippen LogP contribution in [0.1, 0.15) is 12.2 Å². The van der Waals surface area contributed by atoms with Gasteiger partial charge in [-0.3, -0.25) is 0 Å². The molecule has 1 rings (SSSR count). The molecular weight excluding hydrogens is 205 g/mol. The van der Waals surface area contributed by atoms with E-state index in [1.165, 1.54) is 0 Å². The summed E-state index contributed by atoms with van der Waals surface area (Å²) in [5.41, 5.74) is 0. The molecule has 0 spiro atoms. The summed E-state index contributed by atoms with van der Waals surface area (Å²) in [4.78, 5) is 10.3. The van der Waals surface area contributed by atoms with E-state index in [0.717, 1.165) is 6.26 Å². The maximum atomic E-state index is 11.6. The maximum absolute atomic E-state index is 11.6. The molecule has 0 saturated carbocycles. The number of hydrogen-bond acceptors (Lipinski definition) is 4. The van der Waals surface area contributed by atoms with Crippen molar-refractivity contribution in [2.75, 3.05) is 6.61 Å². The largest absolute Gasteiger partial charge is 0.518 e. The minimum Gasteiger partial charge on any atom is -0.399 e. The second kappa shape index (κ2) is 4.32. The highest BCUT2D eigenvalue weighted by Gasteiger charge is 2.26. The summed E-state index contributed by atoms with van der Waals surface area (Å²) in [6.45, 7) is -0.680. The van der Waals surface area contributed by atoms with Crippen LogP contribution in [0.4, 0.5) is 13.2 Å². The average Bonchev–Trinajstić information content (AvgIpc) is 2.44.